The van der Waals surface area contributed by atoms with Gasteiger partial charge in [-0.1, -0.05) is 48.0 Å². The van der Waals surface area contributed by atoms with E-state index in [4.69, 9.17) is 4.43 Å². The first-order valence-corrected chi connectivity index (χ1v) is 10.4. The summed E-state index contributed by atoms with van der Waals surface area (Å²) in [6.45, 7) is 18.0. The molecule has 112 valence electrons. The lowest BCUT2D eigenvalue weighted by Crippen LogP contribution is -2.46. The Morgan fingerprint density at radius 1 is 1.16 bits per heavy atom. The highest BCUT2D eigenvalue weighted by Gasteiger charge is 2.50. The van der Waals surface area contributed by atoms with Gasteiger partial charge in [-0.2, -0.15) is 0 Å². The van der Waals surface area contributed by atoms with Crippen LogP contribution in [0.25, 0.3) is 0 Å². The van der Waals surface area contributed by atoms with Crippen LogP contribution in [0.2, 0.25) is 18.1 Å². The van der Waals surface area contributed by atoms with Crippen LogP contribution in [-0.2, 0) is 9.22 Å². The molecule has 0 saturated heterocycles. The Hall–Kier alpha value is -0.153. The molecule has 1 atom stereocenters. The normalized spacial score (nSPS) is 27.6. The molecule has 1 fully saturated rings. The summed E-state index contributed by atoms with van der Waals surface area (Å²) in [4.78, 5) is 12.7. The zero-order chi connectivity index (χ0) is 15.1. The average molecular weight is 285 g/mol. The number of ketones is 1. The number of hydrogen-bond acceptors (Lipinski definition) is 2. The number of carbonyl (C=O) groups excluding carboxylic acids is 1. The fourth-order valence-corrected chi connectivity index (χ4v) is 3.56. The minimum absolute atomic E-state index is 0.112. The summed E-state index contributed by atoms with van der Waals surface area (Å²) in [6, 6.07) is 0. The molecule has 2 nitrogen and oxygen atoms in total. The fourth-order valence-electron chi connectivity index (χ4n) is 2.64. The van der Waals surface area contributed by atoms with Crippen molar-refractivity contribution < 1.29 is 9.22 Å². The molecule has 0 aromatic heterocycles. The van der Waals surface area contributed by atoms with Gasteiger partial charge in [0.05, 0.1) is 6.61 Å². The topological polar surface area (TPSA) is 26.3 Å². The van der Waals surface area contributed by atoms with Crippen molar-refractivity contribution in [2.45, 2.75) is 78.9 Å². The lowest BCUT2D eigenvalue weighted by Gasteiger charge is -2.40. The predicted octanol–water partition coefficient (Wildman–Crippen LogP) is 4.79. The van der Waals surface area contributed by atoms with Crippen molar-refractivity contribution >= 4 is 14.1 Å². The smallest absolute Gasteiger partial charge is 0.192 e. The van der Waals surface area contributed by atoms with Gasteiger partial charge in [0.1, 0.15) is 0 Å². The molecule has 0 N–H and O–H groups in total. The minimum Gasteiger partial charge on any atom is -0.410 e. The van der Waals surface area contributed by atoms with Crippen molar-refractivity contribution in [2.24, 2.45) is 10.8 Å². The van der Waals surface area contributed by atoms with Crippen LogP contribution in [0.15, 0.2) is 0 Å². The molecule has 0 unspecified atom stereocenters. The van der Waals surface area contributed by atoms with Crippen LogP contribution in [0.1, 0.15) is 60.8 Å². The molecule has 0 aromatic carbocycles. The van der Waals surface area contributed by atoms with Gasteiger partial charge in [-0.05, 0) is 36.4 Å². The Bertz CT molecular complexity index is 352. The Kier molecular flexibility index (Phi) is 4.44. The van der Waals surface area contributed by atoms with Gasteiger partial charge in [-0.15, -0.1) is 0 Å². The van der Waals surface area contributed by atoms with Crippen molar-refractivity contribution in [1.29, 1.82) is 0 Å². The van der Waals surface area contributed by atoms with E-state index in [-0.39, 0.29) is 15.9 Å². The zero-order valence-corrected chi connectivity index (χ0v) is 15.1. The Morgan fingerprint density at radius 3 is 2.05 bits per heavy atom. The van der Waals surface area contributed by atoms with E-state index in [1.165, 1.54) is 0 Å². The van der Waals surface area contributed by atoms with E-state index in [2.05, 4.69) is 54.6 Å². The van der Waals surface area contributed by atoms with Gasteiger partial charge < -0.3 is 4.43 Å². The van der Waals surface area contributed by atoms with Crippen LogP contribution in [-0.4, -0.2) is 20.7 Å². The standard InChI is InChI=1S/C16H32O2Si/c1-14(2,3)19(7,8)18-12-13(17)16(6)11-9-10-15(16,4)5/h9-12H2,1-8H3/t16-/m1/s1. The number of hydrogen-bond donors (Lipinski definition) is 0. The summed E-state index contributed by atoms with van der Waals surface area (Å²) in [6.07, 6.45) is 3.32. The van der Waals surface area contributed by atoms with Crippen molar-refractivity contribution in [2.75, 3.05) is 6.61 Å². The maximum absolute atomic E-state index is 12.7. The number of carbonyl (C=O) groups is 1. The third-order valence-electron chi connectivity index (χ3n) is 5.96. The largest absolute Gasteiger partial charge is 0.410 e. The molecule has 1 aliphatic carbocycles. The minimum atomic E-state index is -1.82. The highest BCUT2D eigenvalue weighted by atomic mass is 28.4. The maximum Gasteiger partial charge on any atom is 0.192 e. The first-order valence-electron chi connectivity index (χ1n) is 7.51. The molecule has 0 spiro atoms. The molecule has 0 heterocycles. The van der Waals surface area contributed by atoms with E-state index in [0.29, 0.717) is 12.4 Å². The summed E-state index contributed by atoms with van der Waals surface area (Å²) in [5, 5.41) is 0.166. The lowest BCUT2D eigenvalue weighted by molar-refractivity contribution is -0.135. The molecular weight excluding hydrogens is 252 g/mol. The van der Waals surface area contributed by atoms with Crippen molar-refractivity contribution in [1.82, 2.24) is 0 Å². The molecule has 0 bridgehead atoms. The van der Waals surface area contributed by atoms with Crippen LogP contribution in [0, 0.1) is 10.8 Å². The third kappa shape index (κ3) is 3.13. The molecule has 0 aliphatic heterocycles. The summed E-state index contributed by atoms with van der Waals surface area (Å²) >= 11 is 0. The SMILES string of the molecule is CC1(C)CCC[C@]1(C)C(=O)CO[Si](C)(C)C(C)(C)C. The lowest BCUT2D eigenvalue weighted by atomic mass is 9.67. The van der Waals surface area contributed by atoms with Crippen LogP contribution >= 0.6 is 0 Å². The second kappa shape index (κ2) is 4.99. The predicted molar refractivity (Wildman–Crippen MR) is 83.9 cm³/mol. The van der Waals surface area contributed by atoms with Gasteiger partial charge in [-0.3, -0.25) is 4.79 Å². The molecule has 1 saturated carbocycles. The summed E-state index contributed by atoms with van der Waals surface area (Å²) in [5.41, 5.74) is -0.0871. The van der Waals surface area contributed by atoms with Gasteiger partial charge in [0.2, 0.25) is 0 Å². The van der Waals surface area contributed by atoms with Crippen LogP contribution in [0.4, 0.5) is 0 Å². The maximum atomic E-state index is 12.7. The zero-order valence-electron chi connectivity index (χ0n) is 14.1. The molecule has 1 rings (SSSR count). The second-order valence-corrected chi connectivity index (χ2v) is 13.4. The molecular formula is C16H32O2Si. The molecule has 0 amide bonds. The first kappa shape index (κ1) is 16.9. The van der Waals surface area contributed by atoms with Gasteiger partial charge in [0.25, 0.3) is 0 Å². The van der Waals surface area contributed by atoms with E-state index in [9.17, 15) is 4.79 Å². The summed E-state index contributed by atoms with van der Waals surface area (Å²) in [5.74, 6) is 0.305. The average Bonchev–Trinajstić information content (AvgIpc) is 2.49. The highest BCUT2D eigenvalue weighted by molar-refractivity contribution is 6.74. The summed E-state index contributed by atoms with van der Waals surface area (Å²) in [7, 11) is -1.82. The van der Waals surface area contributed by atoms with Crippen molar-refractivity contribution in [3.05, 3.63) is 0 Å². The summed E-state index contributed by atoms with van der Waals surface area (Å²) < 4.78 is 6.12. The number of Topliss-reactive ketones (excluding diaryl/α,β-unsaturated/α-hetero) is 1. The first-order chi connectivity index (χ1) is 8.33. The number of rotatable bonds is 4. The third-order valence-corrected chi connectivity index (χ3v) is 10.4. The molecule has 0 aromatic rings. The Balaban J connectivity index is 2.72. The molecule has 0 radical (unpaired) electrons. The second-order valence-electron chi connectivity index (χ2n) is 8.54. The van der Waals surface area contributed by atoms with Gasteiger partial charge >= 0.3 is 0 Å². The Morgan fingerprint density at radius 2 is 1.68 bits per heavy atom. The molecule has 1 aliphatic rings. The molecule has 3 heteroatoms. The fraction of sp³-hybridized carbons (Fsp3) is 0.938. The highest BCUT2D eigenvalue weighted by Crippen LogP contribution is 2.53. The Labute approximate surface area is 120 Å². The van der Waals surface area contributed by atoms with Crippen molar-refractivity contribution in [3.8, 4) is 0 Å². The van der Waals surface area contributed by atoms with Crippen molar-refractivity contribution in [3.63, 3.8) is 0 Å². The van der Waals surface area contributed by atoms with E-state index >= 15 is 0 Å². The van der Waals surface area contributed by atoms with E-state index in [1.54, 1.807) is 0 Å². The van der Waals surface area contributed by atoms with Crippen LogP contribution in [0.5, 0.6) is 0 Å². The van der Waals surface area contributed by atoms with E-state index in [0.717, 1.165) is 19.3 Å². The molecule has 19 heavy (non-hydrogen) atoms. The van der Waals surface area contributed by atoms with E-state index < -0.39 is 8.32 Å². The van der Waals surface area contributed by atoms with Crippen LogP contribution in [0.3, 0.4) is 0 Å². The van der Waals surface area contributed by atoms with Gasteiger partial charge in [-0.25, -0.2) is 0 Å². The van der Waals surface area contributed by atoms with Gasteiger partial charge in [0.15, 0.2) is 14.1 Å². The quantitative estimate of drug-likeness (QED) is 0.694. The van der Waals surface area contributed by atoms with Gasteiger partial charge in [0, 0.05) is 5.41 Å². The monoisotopic (exact) mass is 284 g/mol. The van der Waals surface area contributed by atoms with Crippen LogP contribution < -0.4 is 0 Å². The van der Waals surface area contributed by atoms with E-state index in [1.807, 2.05) is 0 Å².